The second-order valence-corrected chi connectivity index (χ2v) is 6.62. The molecule has 0 unspecified atom stereocenters. The molecule has 0 spiro atoms. The molecule has 27 heavy (non-hydrogen) atoms. The minimum absolute atomic E-state index is 0.0300. The Labute approximate surface area is 157 Å². The van der Waals surface area contributed by atoms with E-state index in [0.717, 1.165) is 4.90 Å². The zero-order chi connectivity index (χ0) is 20.0. The molecular weight excluding hydrogens is 352 g/mol. The van der Waals surface area contributed by atoms with Crippen molar-refractivity contribution in [1.82, 2.24) is 10.2 Å². The lowest BCUT2D eigenvalue weighted by atomic mass is 10.0. The van der Waals surface area contributed by atoms with E-state index in [0.29, 0.717) is 13.2 Å². The summed E-state index contributed by atoms with van der Waals surface area (Å²) in [6.45, 7) is 3.89. The van der Waals surface area contributed by atoms with E-state index in [4.69, 9.17) is 9.47 Å². The van der Waals surface area contributed by atoms with Gasteiger partial charge in [-0.25, -0.2) is 4.79 Å². The molecule has 0 fully saturated rings. The van der Waals surface area contributed by atoms with Crippen LogP contribution in [-0.4, -0.2) is 61.5 Å². The van der Waals surface area contributed by atoms with Gasteiger partial charge >= 0.3 is 5.97 Å². The molecule has 0 saturated heterocycles. The first-order valence-corrected chi connectivity index (χ1v) is 8.76. The molecule has 0 aromatic heterocycles. The number of carbonyl (C=O) groups excluding carboxylic acids is 4. The lowest BCUT2D eigenvalue weighted by Gasteiger charge is -2.25. The molecule has 0 saturated carbocycles. The maximum Gasteiger partial charge on any atom is 0.329 e. The second kappa shape index (κ2) is 9.27. The molecule has 2 rings (SSSR count). The fourth-order valence-electron chi connectivity index (χ4n) is 2.82. The van der Waals surface area contributed by atoms with Gasteiger partial charge in [0.05, 0.1) is 17.7 Å². The number of fused-ring (bicyclic) bond motifs is 1. The Morgan fingerprint density at radius 3 is 2.22 bits per heavy atom. The zero-order valence-corrected chi connectivity index (χ0v) is 15.7. The lowest BCUT2D eigenvalue weighted by molar-refractivity contribution is -0.152. The van der Waals surface area contributed by atoms with Crippen molar-refractivity contribution in [3.8, 4) is 0 Å². The van der Waals surface area contributed by atoms with Crippen LogP contribution < -0.4 is 5.32 Å². The first-order chi connectivity index (χ1) is 12.9. The molecule has 1 N–H and O–H groups in total. The molecule has 1 aliphatic heterocycles. The Morgan fingerprint density at radius 2 is 1.70 bits per heavy atom. The first kappa shape index (κ1) is 20.6. The lowest BCUT2D eigenvalue weighted by Crippen LogP contribution is -2.47. The average Bonchev–Trinajstić information content (AvgIpc) is 2.89. The van der Waals surface area contributed by atoms with E-state index in [1.54, 1.807) is 24.3 Å². The third-order valence-corrected chi connectivity index (χ3v) is 4.08. The van der Waals surface area contributed by atoms with Crippen LogP contribution in [0.2, 0.25) is 0 Å². The van der Waals surface area contributed by atoms with Gasteiger partial charge in [-0.3, -0.25) is 19.3 Å². The molecule has 1 atom stereocenters. The molecule has 1 heterocycles. The van der Waals surface area contributed by atoms with Crippen LogP contribution in [0.25, 0.3) is 0 Å². The van der Waals surface area contributed by atoms with Crippen molar-refractivity contribution in [3.63, 3.8) is 0 Å². The average molecular weight is 376 g/mol. The maximum absolute atomic E-state index is 12.7. The number of rotatable bonds is 9. The van der Waals surface area contributed by atoms with Gasteiger partial charge in [-0.2, -0.15) is 0 Å². The van der Waals surface area contributed by atoms with Crippen molar-refractivity contribution in [2.75, 3.05) is 26.9 Å². The van der Waals surface area contributed by atoms with Gasteiger partial charge in [0.25, 0.3) is 17.7 Å². The van der Waals surface area contributed by atoms with Crippen molar-refractivity contribution in [1.29, 1.82) is 0 Å². The van der Waals surface area contributed by atoms with Gasteiger partial charge in [-0.1, -0.05) is 26.0 Å². The highest BCUT2D eigenvalue weighted by atomic mass is 16.5. The number of ether oxygens (including phenoxy) is 2. The number of imide groups is 1. The standard InChI is InChI=1S/C19H24N2O6/c1-12(2)10-15(19(25)27-11-16(22)20-8-9-26-3)21-17(23)13-6-4-5-7-14(13)18(21)24/h4-7,12,15H,8-11H2,1-3H3,(H,20,22)/t15-/m1/s1. The topological polar surface area (TPSA) is 102 Å². The second-order valence-electron chi connectivity index (χ2n) is 6.62. The predicted molar refractivity (Wildman–Crippen MR) is 96.0 cm³/mol. The summed E-state index contributed by atoms with van der Waals surface area (Å²) in [7, 11) is 1.50. The van der Waals surface area contributed by atoms with Gasteiger partial charge in [0, 0.05) is 13.7 Å². The van der Waals surface area contributed by atoms with Crippen molar-refractivity contribution in [2.45, 2.75) is 26.3 Å². The quantitative estimate of drug-likeness (QED) is 0.392. The van der Waals surface area contributed by atoms with Crippen LogP contribution in [0.5, 0.6) is 0 Å². The molecule has 0 radical (unpaired) electrons. The maximum atomic E-state index is 12.7. The highest BCUT2D eigenvalue weighted by Crippen LogP contribution is 2.27. The van der Waals surface area contributed by atoms with Crippen LogP contribution in [0, 0.1) is 5.92 Å². The number of carbonyl (C=O) groups is 4. The van der Waals surface area contributed by atoms with Crippen LogP contribution in [0.4, 0.5) is 0 Å². The summed E-state index contributed by atoms with van der Waals surface area (Å²) in [5.74, 6) is -2.28. The Bertz CT molecular complexity index is 696. The molecule has 8 heteroatoms. The Kier molecular flexibility index (Phi) is 7.06. The highest BCUT2D eigenvalue weighted by Gasteiger charge is 2.43. The monoisotopic (exact) mass is 376 g/mol. The summed E-state index contributed by atoms with van der Waals surface area (Å²) >= 11 is 0. The summed E-state index contributed by atoms with van der Waals surface area (Å²) in [6, 6.07) is 5.35. The Balaban J connectivity index is 2.09. The summed E-state index contributed by atoms with van der Waals surface area (Å²) in [4.78, 5) is 50.5. The predicted octanol–water partition coefficient (Wildman–Crippen LogP) is 1.00. The molecule has 1 aromatic rings. The SMILES string of the molecule is COCCNC(=O)COC(=O)[C@@H](CC(C)C)N1C(=O)c2ccccc2C1=O. The molecule has 8 nitrogen and oxygen atoms in total. The minimum Gasteiger partial charge on any atom is -0.454 e. The van der Waals surface area contributed by atoms with E-state index >= 15 is 0 Å². The number of methoxy groups -OCH3 is 1. The van der Waals surface area contributed by atoms with E-state index < -0.39 is 36.3 Å². The summed E-state index contributed by atoms with van der Waals surface area (Å²) in [6.07, 6.45) is 0.246. The van der Waals surface area contributed by atoms with Gasteiger partial charge < -0.3 is 14.8 Å². The van der Waals surface area contributed by atoms with Gasteiger partial charge in [-0.05, 0) is 24.5 Å². The number of hydrogen-bond acceptors (Lipinski definition) is 6. The summed E-state index contributed by atoms with van der Waals surface area (Å²) < 4.78 is 9.89. The number of nitrogens with zero attached hydrogens (tertiary/aromatic N) is 1. The molecule has 0 bridgehead atoms. The Hall–Kier alpha value is -2.74. The smallest absolute Gasteiger partial charge is 0.329 e. The van der Waals surface area contributed by atoms with Gasteiger partial charge in [0.15, 0.2) is 6.61 Å². The fourth-order valence-corrected chi connectivity index (χ4v) is 2.82. The third-order valence-electron chi connectivity index (χ3n) is 4.08. The molecule has 1 aliphatic rings. The number of esters is 1. The van der Waals surface area contributed by atoms with Crippen molar-refractivity contribution in [2.24, 2.45) is 5.92 Å². The fraction of sp³-hybridized carbons (Fsp3) is 0.474. The summed E-state index contributed by atoms with van der Waals surface area (Å²) in [5.41, 5.74) is 0.530. The van der Waals surface area contributed by atoms with E-state index in [2.05, 4.69) is 5.32 Å². The minimum atomic E-state index is -1.08. The van der Waals surface area contributed by atoms with Crippen LogP contribution in [0.3, 0.4) is 0 Å². The zero-order valence-electron chi connectivity index (χ0n) is 15.7. The van der Waals surface area contributed by atoms with Gasteiger partial charge in [0.2, 0.25) is 0 Å². The molecular formula is C19H24N2O6. The number of nitrogens with one attached hydrogen (secondary N) is 1. The van der Waals surface area contributed by atoms with Crippen molar-refractivity contribution < 1.29 is 28.7 Å². The van der Waals surface area contributed by atoms with Gasteiger partial charge in [-0.15, -0.1) is 0 Å². The third kappa shape index (κ3) is 4.91. The van der Waals surface area contributed by atoms with Crippen LogP contribution in [-0.2, 0) is 19.1 Å². The van der Waals surface area contributed by atoms with E-state index in [1.165, 1.54) is 7.11 Å². The molecule has 146 valence electrons. The molecule has 3 amide bonds. The van der Waals surface area contributed by atoms with Crippen molar-refractivity contribution in [3.05, 3.63) is 35.4 Å². The first-order valence-electron chi connectivity index (χ1n) is 8.76. The van der Waals surface area contributed by atoms with Crippen LogP contribution in [0.1, 0.15) is 41.0 Å². The summed E-state index contributed by atoms with van der Waals surface area (Å²) in [5, 5.41) is 2.53. The number of hydrogen-bond donors (Lipinski definition) is 1. The van der Waals surface area contributed by atoms with Crippen LogP contribution in [0.15, 0.2) is 24.3 Å². The van der Waals surface area contributed by atoms with Gasteiger partial charge in [0.1, 0.15) is 6.04 Å². The normalized spacial score (nSPS) is 14.3. The molecule has 0 aliphatic carbocycles. The Morgan fingerprint density at radius 1 is 1.11 bits per heavy atom. The van der Waals surface area contributed by atoms with E-state index in [-0.39, 0.29) is 23.5 Å². The number of benzene rings is 1. The van der Waals surface area contributed by atoms with E-state index in [1.807, 2.05) is 13.8 Å². The van der Waals surface area contributed by atoms with Crippen molar-refractivity contribution >= 4 is 23.7 Å². The number of amides is 3. The van der Waals surface area contributed by atoms with Crippen LogP contribution >= 0.6 is 0 Å². The van der Waals surface area contributed by atoms with E-state index in [9.17, 15) is 19.2 Å². The largest absolute Gasteiger partial charge is 0.454 e. The highest BCUT2D eigenvalue weighted by molar-refractivity contribution is 6.22. The molecule has 1 aromatic carbocycles.